The topological polar surface area (TPSA) is 66.9 Å². The van der Waals surface area contributed by atoms with Crippen molar-refractivity contribution in [2.45, 2.75) is 63.6 Å². The highest BCUT2D eigenvalue weighted by Gasteiger charge is 2.44. The number of carbonyl (C=O) groups excluding carboxylic acids is 1. The van der Waals surface area contributed by atoms with Crippen molar-refractivity contribution >= 4 is 15.9 Å². The highest BCUT2D eigenvalue weighted by molar-refractivity contribution is 7.88. The third kappa shape index (κ3) is 4.25. The van der Waals surface area contributed by atoms with Crippen molar-refractivity contribution in [2.75, 3.05) is 27.0 Å². The Hall–Kier alpha value is -0.660. The van der Waals surface area contributed by atoms with Gasteiger partial charge in [-0.15, -0.1) is 0 Å². The van der Waals surface area contributed by atoms with Crippen LogP contribution in [0, 0.1) is 5.92 Å². The number of carbonyl (C=O) groups is 1. The molecule has 0 aromatic carbocycles. The van der Waals surface area contributed by atoms with Crippen LogP contribution in [-0.2, 0) is 19.6 Å². The minimum Gasteiger partial charge on any atom is -0.380 e. The maximum atomic E-state index is 12.9. The standard InChI is InChI=1S/C16H30N2O4S/c1-12(13-8-6-5-7-9-13)17(2)16(19)15-10-14(22-3)11-18(15)23(4,20)21/h12-15H,5-11H2,1-4H3/t12-,14-,15+/m0/s1. The van der Waals surface area contributed by atoms with E-state index in [0.29, 0.717) is 12.3 Å². The maximum absolute atomic E-state index is 12.9. The molecule has 2 rings (SSSR count). The van der Waals surface area contributed by atoms with Gasteiger partial charge in [-0.25, -0.2) is 8.42 Å². The first-order chi connectivity index (χ1) is 10.8. The third-order valence-corrected chi connectivity index (χ3v) is 6.81. The fourth-order valence-corrected chi connectivity index (χ4v) is 4.97. The van der Waals surface area contributed by atoms with Crippen molar-refractivity contribution in [1.29, 1.82) is 0 Å². The second-order valence-corrected chi connectivity index (χ2v) is 8.96. The monoisotopic (exact) mass is 346 g/mol. The molecule has 0 aromatic heterocycles. The minimum atomic E-state index is -3.42. The van der Waals surface area contributed by atoms with Crippen LogP contribution in [0.15, 0.2) is 0 Å². The van der Waals surface area contributed by atoms with Gasteiger partial charge in [-0.05, 0) is 25.7 Å². The SMILES string of the molecule is CO[C@H]1C[C@H](C(=O)N(C)[C@@H](C)C2CCCCC2)N(S(C)(=O)=O)C1. The summed E-state index contributed by atoms with van der Waals surface area (Å²) in [5, 5.41) is 0. The first kappa shape index (κ1) is 18.7. The first-order valence-corrected chi connectivity index (χ1v) is 10.4. The molecule has 2 fully saturated rings. The van der Waals surface area contributed by atoms with E-state index in [-0.39, 0.29) is 24.6 Å². The Kier molecular flexibility index (Phi) is 6.08. The molecule has 7 heteroatoms. The van der Waals surface area contributed by atoms with Gasteiger partial charge in [0.15, 0.2) is 0 Å². The Morgan fingerprint density at radius 2 is 1.87 bits per heavy atom. The lowest BCUT2D eigenvalue weighted by Crippen LogP contribution is -2.50. The number of amides is 1. The van der Waals surface area contributed by atoms with Gasteiger partial charge in [0.25, 0.3) is 0 Å². The highest BCUT2D eigenvalue weighted by Crippen LogP contribution is 2.30. The molecule has 3 atom stereocenters. The summed E-state index contributed by atoms with van der Waals surface area (Å²) in [5.74, 6) is 0.414. The average Bonchev–Trinajstić information content (AvgIpc) is 2.98. The normalized spacial score (nSPS) is 28.7. The predicted molar refractivity (Wildman–Crippen MR) is 89.6 cm³/mol. The van der Waals surface area contributed by atoms with Crippen molar-refractivity contribution < 1.29 is 17.9 Å². The van der Waals surface area contributed by atoms with Gasteiger partial charge in [-0.1, -0.05) is 19.3 Å². The van der Waals surface area contributed by atoms with E-state index in [4.69, 9.17) is 4.74 Å². The van der Waals surface area contributed by atoms with Gasteiger partial charge in [0.1, 0.15) is 6.04 Å². The van der Waals surface area contributed by atoms with Crippen molar-refractivity contribution in [1.82, 2.24) is 9.21 Å². The van der Waals surface area contributed by atoms with E-state index in [2.05, 4.69) is 6.92 Å². The predicted octanol–water partition coefficient (Wildman–Crippen LogP) is 1.46. The zero-order valence-electron chi connectivity index (χ0n) is 14.7. The first-order valence-electron chi connectivity index (χ1n) is 8.52. The van der Waals surface area contributed by atoms with Crippen molar-refractivity contribution in [3.05, 3.63) is 0 Å². The van der Waals surface area contributed by atoms with Crippen LogP contribution in [-0.4, -0.2) is 68.7 Å². The molecule has 1 aliphatic heterocycles. The quantitative estimate of drug-likeness (QED) is 0.756. The Morgan fingerprint density at radius 1 is 1.26 bits per heavy atom. The molecule has 1 saturated carbocycles. The van der Waals surface area contributed by atoms with Gasteiger partial charge in [-0.2, -0.15) is 4.31 Å². The molecule has 1 amide bonds. The summed E-state index contributed by atoms with van der Waals surface area (Å²) in [6.07, 6.45) is 7.42. The van der Waals surface area contributed by atoms with Crippen LogP contribution >= 0.6 is 0 Å². The number of hydrogen-bond acceptors (Lipinski definition) is 4. The highest BCUT2D eigenvalue weighted by atomic mass is 32.2. The molecule has 0 radical (unpaired) electrons. The largest absolute Gasteiger partial charge is 0.380 e. The summed E-state index contributed by atoms with van der Waals surface area (Å²) in [6, 6.07) is -0.489. The number of rotatable bonds is 5. The molecular weight excluding hydrogens is 316 g/mol. The Labute approximate surface area is 140 Å². The molecule has 0 spiro atoms. The van der Waals surface area contributed by atoms with Gasteiger partial charge >= 0.3 is 0 Å². The summed E-state index contributed by atoms with van der Waals surface area (Å²) in [4.78, 5) is 14.7. The van der Waals surface area contributed by atoms with Crippen molar-refractivity contribution in [3.8, 4) is 0 Å². The van der Waals surface area contributed by atoms with Gasteiger partial charge < -0.3 is 9.64 Å². The lowest BCUT2D eigenvalue weighted by molar-refractivity contribution is -0.136. The van der Waals surface area contributed by atoms with Crippen molar-refractivity contribution in [2.24, 2.45) is 5.92 Å². The van der Waals surface area contributed by atoms with Gasteiger partial charge in [0, 0.05) is 33.2 Å². The van der Waals surface area contributed by atoms with E-state index in [1.165, 1.54) is 23.6 Å². The molecule has 1 saturated heterocycles. The Balaban J connectivity index is 2.10. The smallest absolute Gasteiger partial charge is 0.241 e. The second kappa shape index (κ2) is 7.49. The van der Waals surface area contributed by atoms with Gasteiger partial charge in [0.05, 0.1) is 12.4 Å². The van der Waals surface area contributed by atoms with Crippen LogP contribution in [0.5, 0.6) is 0 Å². The van der Waals surface area contributed by atoms with Crippen LogP contribution in [0.1, 0.15) is 45.4 Å². The summed E-state index contributed by atoms with van der Waals surface area (Å²) in [6.45, 7) is 2.35. The molecule has 23 heavy (non-hydrogen) atoms. The third-order valence-electron chi connectivity index (χ3n) is 5.55. The van der Waals surface area contributed by atoms with E-state index in [1.807, 2.05) is 7.05 Å². The fourth-order valence-electron chi connectivity index (χ4n) is 3.90. The summed E-state index contributed by atoms with van der Waals surface area (Å²) < 4.78 is 30.6. The van der Waals surface area contributed by atoms with E-state index in [0.717, 1.165) is 19.1 Å². The molecule has 2 aliphatic rings. The van der Waals surface area contributed by atoms with Crippen molar-refractivity contribution in [3.63, 3.8) is 0 Å². The molecule has 0 unspecified atom stereocenters. The zero-order chi connectivity index (χ0) is 17.2. The van der Waals surface area contributed by atoms with E-state index in [9.17, 15) is 13.2 Å². The number of methoxy groups -OCH3 is 1. The second-order valence-electron chi connectivity index (χ2n) is 7.03. The molecule has 1 aliphatic carbocycles. The van der Waals surface area contributed by atoms with Crippen LogP contribution in [0.4, 0.5) is 0 Å². The Morgan fingerprint density at radius 3 is 2.39 bits per heavy atom. The van der Waals surface area contributed by atoms with Crippen LogP contribution in [0.2, 0.25) is 0 Å². The lowest BCUT2D eigenvalue weighted by Gasteiger charge is -2.36. The number of hydrogen-bond donors (Lipinski definition) is 0. The van der Waals surface area contributed by atoms with E-state index < -0.39 is 16.1 Å². The average molecular weight is 346 g/mol. The molecule has 6 nitrogen and oxygen atoms in total. The fraction of sp³-hybridized carbons (Fsp3) is 0.938. The summed E-state index contributed by atoms with van der Waals surface area (Å²) in [5.41, 5.74) is 0. The van der Waals surface area contributed by atoms with E-state index >= 15 is 0 Å². The molecule has 0 aromatic rings. The summed E-state index contributed by atoms with van der Waals surface area (Å²) >= 11 is 0. The summed E-state index contributed by atoms with van der Waals surface area (Å²) in [7, 11) is -0.0484. The molecule has 0 N–H and O–H groups in total. The maximum Gasteiger partial charge on any atom is 0.241 e. The zero-order valence-corrected chi connectivity index (χ0v) is 15.5. The van der Waals surface area contributed by atoms with Gasteiger partial charge in [0.2, 0.25) is 15.9 Å². The number of nitrogens with zero attached hydrogens (tertiary/aromatic N) is 2. The molecule has 1 heterocycles. The van der Waals surface area contributed by atoms with E-state index in [1.54, 1.807) is 12.0 Å². The molecule has 134 valence electrons. The number of ether oxygens (including phenoxy) is 1. The van der Waals surface area contributed by atoms with Crippen LogP contribution < -0.4 is 0 Å². The molecular formula is C16H30N2O4S. The minimum absolute atomic E-state index is 0.104. The van der Waals surface area contributed by atoms with Crippen LogP contribution in [0.25, 0.3) is 0 Å². The van der Waals surface area contributed by atoms with Gasteiger partial charge in [-0.3, -0.25) is 4.79 Å². The Bertz CT molecular complexity index is 516. The lowest BCUT2D eigenvalue weighted by atomic mass is 9.84. The molecule has 0 bridgehead atoms. The number of sulfonamides is 1. The number of likely N-dealkylation sites (N-methyl/N-ethyl adjacent to an activating group) is 1. The van der Waals surface area contributed by atoms with Crippen LogP contribution in [0.3, 0.4) is 0 Å².